The Labute approximate surface area is 391 Å². The molecule has 65 heavy (non-hydrogen) atoms. The van der Waals surface area contributed by atoms with Crippen LogP contribution in [-0.2, 0) is 0 Å². The highest BCUT2D eigenvalue weighted by Gasteiger charge is 2.24. The molecule has 0 amide bonds. The van der Waals surface area contributed by atoms with Crippen LogP contribution in [0, 0.1) is 0 Å². The zero-order chi connectivity index (χ0) is 43.2. The van der Waals surface area contributed by atoms with Gasteiger partial charge >= 0.3 is 0 Å². The number of nitrogens with zero attached hydrogens (tertiary/aromatic N) is 1. The molecule has 3 atom stereocenters. The van der Waals surface area contributed by atoms with Crippen molar-refractivity contribution in [1.82, 2.24) is 15.2 Å². The van der Waals surface area contributed by atoms with E-state index in [2.05, 4.69) is 202 Å². The minimum atomic E-state index is -0.396. The van der Waals surface area contributed by atoms with E-state index in [9.17, 15) is 0 Å². The van der Waals surface area contributed by atoms with Gasteiger partial charge in [-0.25, -0.2) is 0 Å². The second-order valence-electron chi connectivity index (χ2n) is 16.8. The van der Waals surface area contributed by atoms with E-state index in [4.69, 9.17) is 14.6 Å². The molecule has 13 rings (SSSR count). The standard InChI is InChI=1S/C57H39IN4O2S/c58-55(60-57(61-56(59)33-11-2-1-3-12-33)36-23-28-49-45(29-36)40-15-6-9-19-48(40)63-49)44-16-10-20-52-54(44)43-26-22-35(31-53(43)65-52)34-21-25-41-42-27-24-37(32-51(42)64-50(41)30-34)62-46-17-7-4-13-38(46)39-14-5-8-18-47(39)62/h1-32,55-57,60-61H,59H2. The summed E-state index contributed by atoms with van der Waals surface area (Å²) in [7, 11) is 0. The van der Waals surface area contributed by atoms with Gasteiger partial charge in [0.2, 0.25) is 0 Å². The smallest absolute Gasteiger partial charge is 0.137 e. The quantitative estimate of drug-likeness (QED) is 0.0581. The van der Waals surface area contributed by atoms with Crippen molar-refractivity contribution in [3.8, 4) is 16.8 Å². The van der Waals surface area contributed by atoms with E-state index >= 15 is 0 Å². The number of nitrogens with two attached hydrogens (primary N) is 1. The van der Waals surface area contributed by atoms with Crippen LogP contribution in [0.15, 0.2) is 203 Å². The van der Waals surface area contributed by atoms with E-state index in [1.54, 1.807) is 0 Å². The number of thiophene rings is 1. The van der Waals surface area contributed by atoms with Crippen LogP contribution < -0.4 is 16.4 Å². The van der Waals surface area contributed by atoms with Gasteiger partial charge in [0, 0.05) is 64.2 Å². The Bertz CT molecular complexity index is 3920. The number of halogens is 1. The molecule has 0 bridgehead atoms. The zero-order valence-electron chi connectivity index (χ0n) is 34.8. The molecule has 3 unspecified atom stereocenters. The Hall–Kier alpha value is -6.79. The summed E-state index contributed by atoms with van der Waals surface area (Å²) in [5.74, 6) is 0. The predicted octanol–water partition coefficient (Wildman–Crippen LogP) is 15.6. The lowest BCUT2D eigenvalue weighted by Gasteiger charge is -2.28. The van der Waals surface area contributed by atoms with E-state index in [1.807, 2.05) is 41.7 Å². The van der Waals surface area contributed by atoms with Gasteiger partial charge in [0.1, 0.15) is 22.3 Å². The molecular weight excluding hydrogens is 932 g/mol. The summed E-state index contributed by atoms with van der Waals surface area (Å²) >= 11 is 4.38. The van der Waals surface area contributed by atoms with Crippen LogP contribution in [-0.4, -0.2) is 4.57 Å². The molecule has 4 aromatic heterocycles. The Morgan fingerprint density at radius 3 is 1.89 bits per heavy atom. The van der Waals surface area contributed by atoms with E-state index in [-0.39, 0.29) is 10.2 Å². The maximum atomic E-state index is 6.87. The summed E-state index contributed by atoms with van der Waals surface area (Å²) in [4.78, 5) is 0. The van der Waals surface area contributed by atoms with Crippen LogP contribution >= 0.6 is 33.9 Å². The monoisotopic (exact) mass is 970 g/mol. The summed E-state index contributed by atoms with van der Waals surface area (Å²) in [6.07, 6.45) is -0.668. The second kappa shape index (κ2) is 15.4. The van der Waals surface area contributed by atoms with Crippen molar-refractivity contribution in [1.29, 1.82) is 0 Å². The van der Waals surface area contributed by atoms with Crippen LogP contribution in [0.5, 0.6) is 0 Å². The third-order valence-corrected chi connectivity index (χ3v) is 15.1. The van der Waals surface area contributed by atoms with Gasteiger partial charge in [-0.2, -0.15) is 0 Å². The summed E-state index contributed by atoms with van der Waals surface area (Å²) < 4.78 is 17.6. The minimum Gasteiger partial charge on any atom is -0.456 e. The van der Waals surface area contributed by atoms with E-state index < -0.39 is 6.17 Å². The molecule has 0 fully saturated rings. The molecule has 9 aromatic carbocycles. The molecule has 13 aromatic rings. The maximum absolute atomic E-state index is 6.87. The van der Waals surface area contributed by atoms with Gasteiger partial charge in [-0.05, 0) is 94.5 Å². The Kier molecular flexibility index (Phi) is 9.18. The van der Waals surface area contributed by atoms with Crippen LogP contribution in [0.4, 0.5) is 0 Å². The molecule has 4 N–H and O–H groups in total. The number of furan rings is 2. The van der Waals surface area contributed by atoms with Crippen LogP contribution in [0.3, 0.4) is 0 Å². The number of benzene rings is 9. The second-order valence-corrected chi connectivity index (χ2v) is 19.1. The van der Waals surface area contributed by atoms with Crippen molar-refractivity contribution in [3.05, 3.63) is 211 Å². The molecule has 0 aliphatic rings. The molecule has 4 heterocycles. The zero-order valence-corrected chi connectivity index (χ0v) is 37.8. The number of hydrogen-bond acceptors (Lipinski definition) is 6. The average molecular weight is 971 g/mol. The number of para-hydroxylation sites is 3. The third kappa shape index (κ3) is 6.47. The summed E-state index contributed by atoms with van der Waals surface area (Å²) in [6.45, 7) is 0. The molecule has 0 aliphatic heterocycles. The summed E-state index contributed by atoms with van der Waals surface area (Å²) in [6, 6.07) is 68.8. The first-order valence-corrected chi connectivity index (χ1v) is 23.9. The van der Waals surface area contributed by atoms with Gasteiger partial charge in [-0.1, -0.05) is 144 Å². The number of aromatic nitrogens is 1. The highest BCUT2D eigenvalue weighted by atomic mass is 127. The van der Waals surface area contributed by atoms with Crippen molar-refractivity contribution in [2.75, 3.05) is 0 Å². The number of nitrogens with one attached hydrogen (secondary N) is 2. The largest absolute Gasteiger partial charge is 0.456 e. The fourth-order valence-corrected chi connectivity index (χ4v) is 11.9. The van der Waals surface area contributed by atoms with Crippen LogP contribution in [0.2, 0.25) is 0 Å². The Morgan fingerprint density at radius 2 is 1.09 bits per heavy atom. The molecule has 312 valence electrons. The van der Waals surface area contributed by atoms with Crippen molar-refractivity contribution in [3.63, 3.8) is 0 Å². The normalized spacial score (nSPS) is 13.6. The summed E-state index contributed by atoms with van der Waals surface area (Å²) in [5, 5.41) is 17.1. The third-order valence-electron chi connectivity index (χ3n) is 13.0. The number of hydrogen-bond donors (Lipinski definition) is 3. The fraction of sp³-hybridized carbons (Fsp3) is 0.0526. The molecule has 8 heteroatoms. The molecule has 0 spiro atoms. The van der Waals surface area contributed by atoms with E-state index in [1.165, 1.54) is 47.5 Å². The first-order chi connectivity index (χ1) is 32.0. The lowest BCUT2D eigenvalue weighted by atomic mass is 10.0. The lowest BCUT2D eigenvalue weighted by molar-refractivity contribution is 0.387. The average Bonchev–Trinajstić information content (AvgIpc) is 4.12. The molecule has 0 saturated heterocycles. The van der Waals surface area contributed by atoms with Gasteiger partial charge in [-0.3, -0.25) is 10.6 Å². The minimum absolute atomic E-state index is 0.0583. The van der Waals surface area contributed by atoms with E-state index in [0.717, 1.165) is 71.8 Å². The van der Waals surface area contributed by atoms with Gasteiger partial charge in [0.25, 0.3) is 0 Å². The number of rotatable bonds is 9. The first kappa shape index (κ1) is 38.6. The van der Waals surface area contributed by atoms with Gasteiger partial charge in [0.15, 0.2) is 0 Å². The molecule has 0 saturated carbocycles. The van der Waals surface area contributed by atoms with Gasteiger partial charge in [-0.15, -0.1) is 11.3 Å². The van der Waals surface area contributed by atoms with Crippen LogP contribution in [0.25, 0.3) is 103 Å². The van der Waals surface area contributed by atoms with Crippen LogP contribution in [0.1, 0.15) is 33.1 Å². The highest BCUT2D eigenvalue weighted by molar-refractivity contribution is 14.1. The number of alkyl halides is 1. The lowest BCUT2D eigenvalue weighted by Crippen LogP contribution is -2.40. The summed E-state index contributed by atoms with van der Waals surface area (Å²) in [5.41, 5.74) is 19.4. The highest BCUT2D eigenvalue weighted by Crippen LogP contribution is 2.43. The molecule has 0 radical (unpaired) electrons. The Balaban J connectivity index is 0.840. The SMILES string of the molecule is NC(NC(NC(I)c1cccc2sc3cc(-c4ccc5c(c4)oc4cc(-n6c7ccccc7c7ccccc76)ccc45)ccc3c12)c1ccc2oc3ccccc3c2c1)c1ccccc1. The number of fused-ring (bicyclic) bond motifs is 12. The van der Waals surface area contributed by atoms with Crippen molar-refractivity contribution in [2.45, 2.75) is 16.4 Å². The maximum Gasteiger partial charge on any atom is 0.137 e. The van der Waals surface area contributed by atoms with Gasteiger partial charge in [0.05, 0.1) is 27.4 Å². The first-order valence-electron chi connectivity index (χ1n) is 21.8. The molecule has 6 nitrogen and oxygen atoms in total. The molecular formula is C57H39IN4O2S. The van der Waals surface area contributed by atoms with Crippen molar-refractivity contribution in [2.24, 2.45) is 5.73 Å². The predicted molar refractivity (Wildman–Crippen MR) is 279 cm³/mol. The molecule has 0 aliphatic carbocycles. The fourth-order valence-electron chi connectivity index (χ4n) is 9.87. The topological polar surface area (TPSA) is 81.3 Å². The van der Waals surface area contributed by atoms with Gasteiger partial charge < -0.3 is 19.1 Å². The van der Waals surface area contributed by atoms with Crippen molar-refractivity contribution >= 4 is 120 Å². The Morgan fingerprint density at radius 1 is 0.462 bits per heavy atom. The van der Waals surface area contributed by atoms with E-state index in [0.29, 0.717) is 0 Å². The van der Waals surface area contributed by atoms with Crippen molar-refractivity contribution < 1.29 is 8.83 Å².